The van der Waals surface area contributed by atoms with E-state index in [2.05, 4.69) is 66.7 Å². The maximum absolute atomic E-state index is 4.69. The fraction of sp³-hybridized carbons (Fsp3) is 0.588. The van der Waals surface area contributed by atoms with Crippen LogP contribution in [0.5, 0.6) is 0 Å². The molecule has 0 aliphatic heterocycles. The minimum atomic E-state index is 0.558. The van der Waals surface area contributed by atoms with E-state index in [1.165, 1.54) is 12.0 Å². The first-order valence-electron chi connectivity index (χ1n) is 7.80. The van der Waals surface area contributed by atoms with Crippen molar-refractivity contribution in [2.45, 2.75) is 45.6 Å². The van der Waals surface area contributed by atoms with Gasteiger partial charge in [0.15, 0.2) is 5.96 Å². The largest absolute Gasteiger partial charge is 0.357 e. The lowest BCUT2D eigenvalue weighted by molar-refractivity contribution is 0.681. The highest BCUT2D eigenvalue weighted by atomic mass is 15.2. The molecular weight excluding hydrogens is 246 g/mol. The van der Waals surface area contributed by atoms with Gasteiger partial charge < -0.3 is 10.6 Å². The molecular formula is C17H27N3. The summed E-state index contributed by atoms with van der Waals surface area (Å²) in [6.07, 6.45) is 2.35. The van der Waals surface area contributed by atoms with Crippen molar-refractivity contribution in [3.05, 3.63) is 35.9 Å². The Kier molecular flexibility index (Phi) is 5.45. The first-order valence-corrected chi connectivity index (χ1v) is 7.80. The molecule has 3 unspecified atom stereocenters. The molecule has 3 heteroatoms. The van der Waals surface area contributed by atoms with Crippen LogP contribution in [0.15, 0.2) is 35.3 Å². The van der Waals surface area contributed by atoms with Crippen molar-refractivity contribution in [2.75, 3.05) is 13.1 Å². The third kappa shape index (κ3) is 4.55. The molecule has 20 heavy (non-hydrogen) atoms. The molecule has 2 rings (SSSR count). The first-order chi connectivity index (χ1) is 9.70. The van der Waals surface area contributed by atoms with Gasteiger partial charge in [-0.3, -0.25) is 4.99 Å². The Morgan fingerprint density at radius 1 is 1.35 bits per heavy atom. The molecule has 0 spiro atoms. The third-order valence-electron chi connectivity index (χ3n) is 3.98. The molecule has 2 N–H and O–H groups in total. The number of rotatable bonds is 6. The average molecular weight is 273 g/mol. The normalized spacial score (nSPS) is 23.2. The van der Waals surface area contributed by atoms with Crippen LogP contribution in [0.3, 0.4) is 0 Å². The summed E-state index contributed by atoms with van der Waals surface area (Å²) < 4.78 is 0. The Balaban J connectivity index is 1.80. The quantitative estimate of drug-likeness (QED) is 0.617. The van der Waals surface area contributed by atoms with E-state index in [-0.39, 0.29) is 0 Å². The fourth-order valence-electron chi connectivity index (χ4n) is 2.34. The van der Waals surface area contributed by atoms with Gasteiger partial charge in [-0.1, -0.05) is 44.2 Å². The SMILES string of the molecule is CCNC(=NCCC(C)c1ccccc1)NC1CC1C. The Morgan fingerprint density at radius 3 is 2.65 bits per heavy atom. The fourth-order valence-corrected chi connectivity index (χ4v) is 2.34. The first kappa shape index (κ1) is 14.9. The Labute approximate surface area is 122 Å². The van der Waals surface area contributed by atoms with Crippen molar-refractivity contribution >= 4 is 5.96 Å². The average Bonchev–Trinajstić information content (AvgIpc) is 3.15. The van der Waals surface area contributed by atoms with Crippen molar-refractivity contribution in [2.24, 2.45) is 10.9 Å². The molecule has 1 aliphatic carbocycles. The second-order valence-electron chi connectivity index (χ2n) is 5.82. The standard InChI is InChI=1S/C17H27N3/c1-4-18-17(20-16-12-14(16)3)19-11-10-13(2)15-8-6-5-7-9-15/h5-9,13-14,16H,4,10-12H2,1-3H3,(H2,18,19,20). The summed E-state index contributed by atoms with van der Waals surface area (Å²) >= 11 is 0. The second kappa shape index (κ2) is 7.32. The third-order valence-corrected chi connectivity index (χ3v) is 3.98. The number of aliphatic imine (C=N–C) groups is 1. The Hall–Kier alpha value is -1.51. The molecule has 0 amide bonds. The zero-order chi connectivity index (χ0) is 14.4. The number of hydrogen-bond acceptors (Lipinski definition) is 1. The van der Waals surface area contributed by atoms with Crippen molar-refractivity contribution in [3.8, 4) is 0 Å². The molecule has 1 aliphatic rings. The van der Waals surface area contributed by atoms with Gasteiger partial charge in [-0.05, 0) is 37.2 Å². The van der Waals surface area contributed by atoms with Gasteiger partial charge in [0.25, 0.3) is 0 Å². The van der Waals surface area contributed by atoms with Crippen LogP contribution >= 0.6 is 0 Å². The van der Waals surface area contributed by atoms with E-state index in [0.717, 1.165) is 31.4 Å². The molecule has 0 aromatic heterocycles. The van der Waals surface area contributed by atoms with Crippen LogP contribution in [0.2, 0.25) is 0 Å². The number of nitrogens with zero attached hydrogens (tertiary/aromatic N) is 1. The molecule has 0 heterocycles. The van der Waals surface area contributed by atoms with E-state index < -0.39 is 0 Å². The van der Waals surface area contributed by atoms with Crippen LogP contribution in [-0.2, 0) is 0 Å². The zero-order valence-corrected chi connectivity index (χ0v) is 12.9. The number of hydrogen-bond donors (Lipinski definition) is 2. The van der Waals surface area contributed by atoms with Crippen LogP contribution in [0.1, 0.15) is 45.1 Å². The van der Waals surface area contributed by atoms with E-state index in [0.29, 0.717) is 12.0 Å². The van der Waals surface area contributed by atoms with E-state index >= 15 is 0 Å². The lowest BCUT2D eigenvalue weighted by Crippen LogP contribution is -2.39. The summed E-state index contributed by atoms with van der Waals surface area (Å²) in [4.78, 5) is 4.69. The van der Waals surface area contributed by atoms with E-state index in [1.807, 2.05) is 0 Å². The minimum Gasteiger partial charge on any atom is -0.357 e. The highest BCUT2D eigenvalue weighted by molar-refractivity contribution is 5.80. The van der Waals surface area contributed by atoms with Gasteiger partial charge >= 0.3 is 0 Å². The summed E-state index contributed by atoms with van der Waals surface area (Å²) in [7, 11) is 0. The van der Waals surface area contributed by atoms with E-state index in [1.54, 1.807) is 0 Å². The predicted octanol–water partition coefficient (Wildman–Crippen LogP) is 3.14. The van der Waals surface area contributed by atoms with Crippen LogP contribution in [-0.4, -0.2) is 25.1 Å². The molecule has 0 saturated heterocycles. The van der Waals surface area contributed by atoms with Gasteiger partial charge in [0, 0.05) is 19.1 Å². The second-order valence-corrected chi connectivity index (χ2v) is 5.82. The van der Waals surface area contributed by atoms with Crippen molar-refractivity contribution < 1.29 is 0 Å². The summed E-state index contributed by atoms with van der Waals surface area (Å²) in [5, 5.41) is 6.82. The minimum absolute atomic E-state index is 0.558. The molecule has 1 aromatic carbocycles. The van der Waals surface area contributed by atoms with Crippen molar-refractivity contribution in [3.63, 3.8) is 0 Å². The summed E-state index contributed by atoms with van der Waals surface area (Å²) in [6, 6.07) is 11.3. The van der Waals surface area contributed by atoms with Crippen LogP contribution in [0, 0.1) is 5.92 Å². The summed E-state index contributed by atoms with van der Waals surface area (Å²) in [5.41, 5.74) is 1.40. The molecule has 1 aromatic rings. The van der Waals surface area contributed by atoms with Crippen molar-refractivity contribution in [1.82, 2.24) is 10.6 Å². The maximum Gasteiger partial charge on any atom is 0.191 e. The number of nitrogens with one attached hydrogen (secondary N) is 2. The van der Waals surface area contributed by atoms with Crippen LogP contribution in [0.25, 0.3) is 0 Å². The van der Waals surface area contributed by atoms with Gasteiger partial charge in [0.1, 0.15) is 0 Å². The van der Waals surface area contributed by atoms with E-state index in [9.17, 15) is 0 Å². The molecule has 3 atom stereocenters. The number of guanidine groups is 1. The highest BCUT2D eigenvalue weighted by Gasteiger charge is 2.33. The Morgan fingerprint density at radius 2 is 2.05 bits per heavy atom. The molecule has 0 radical (unpaired) electrons. The molecule has 3 nitrogen and oxygen atoms in total. The zero-order valence-electron chi connectivity index (χ0n) is 12.9. The lowest BCUT2D eigenvalue weighted by Gasteiger charge is -2.13. The molecule has 0 bridgehead atoms. The van der Waals surface area contributed by atoms with Gasteiger partial charge in [-0.2, -0.15) is 0 Å². The summed E-state index contributed by atoms with van der Waals surface area (Å²) in [5.74, 6) is 2.33. The van der Waals surface area contributed by atoms with Gasteiger partial charge in [-0.15, -0.1) is 0 Å². The Bertz CT molecular complexity index is 427. The van der Waals surface area contributed by atoms with Crippen LogP contribution in [0.4, 0.5) is 0 Å². The van der Waals surface area contributed by atoms with Crippen LogP contribution < -0.4 is 10.6 Å². The van der Waals surface area contributed by atoms with Gasteiger partial charge in [-0.25, -0.2) is 0 Å². The molecule has 110 valence electrons. The topological polar surface area (TPSA) is 36.4 Å². The lowest BCUT2D eigenvalue weighted by atomic mass is 9.98. The van der Waals surface area contributed by atoms with Crippen molar-refractivity contribution in [1.29, 1.82) is 0 Å². The smallest absolute Gasteiger partial charge is 0.191 e. The van der Waals surface area contributed by atoms with Gasteiger partial charge in [0.2, 0.25) is 0 Å². The molecule has 1 fully saturated rings. The number of benzene rings is 1. The monoisotopic (exact) mass is 273 g/mol. The maximum atomic E-state index is 4.69. The van der Waals surface area contributed by atoms with E-state index in [4.69, 9.17) is 0 Å². The summed E-state index contributed by atoms with van der Waals surface area (Å²) in [6.45, 7) is 8.45. The highest BCUT2D eigenvalue weighted by Crippen LogP contribution is 2.28. The molecule has 1 saturated carbocycles. The predicted molar refractivity (Wildman–Crippen MR) is 86.2 cm³/mol. The van der Waals surface area contributed by atoms with Gasteiger partial charge in [0.05, 0.1) is 0 Å².